The fourth-order valence-corrected chi connectivity index (χ4v) is 11.3. The molecule has 0 N–H and O–H groups in total. The van der Waals surface area contributed by atoms with Gasteiger partial charge in [-0.25, -0.2) is 0 Å². The molecule has 2 aliphatic rings. The number of benzene rings is 6. The summed E-state index contributed by atoms with van der Waals surface area (Å²) in [5.74, 6) is 1.09. The maximum absolute atomic E-state index is 2.37. The number of anilines is 5. The maximum atomic E-state index is 2.37. The van der Waals surface area contributed by atoms with Gasteiger partial charge in [-0.2, -0.15) is 9.13 Å². The number of fused-ring (bicyclic) bond motifs is 4. The van der Waals surface area contributed by atoms with Gasteiger partial charge in [0.1, 0.15) is 28.3 Å². The van der Waals surface area contributed by atoms with Crippen molar-refractivity contribution in [1.82, 2.24) is 0 Å². The average Bonchev–Trinajstić information content (AvgIpc) is 4.05. The van der Waals surface area contributed by atoms with Gasteiger partial charge in [-0.05, 0) is 86.2 Å². The number of hydrogen-bond donors (Lipinski definition) is 0. The average molecular weight is 886 g/mol. The SMILES string of the molecule is CC[n+]1c(/C=C/C=C/C=C2/N(C)c3ccccc3C2(C)C)sc2ccccc21.CC[n+]1c(C=CC=CC=C2N(c3ccccc3)c3ccccc3N2c2ccccc2)sc2ccccc21. The molecule has 0 aliphatic carbocycles. The van der Waals surface area contributed by atoms with Gasteiger partial charge < -0.3 is 4.90 Å². The lowest BCUT2D eigenvalue weighted by molar-refractivity contribution is -0.665. The van der Waals surface area contributed by atoms with Crippen molar-refractivity contribution in [2.75, 3.05) is 21.7 Å². The van der Waals surface area contributed by atoms with E-state index in [-0.39, 0.29) is 5.41 Å². The Kier molecular flexibility index (Phi) is 12.9. The third kappa shape index (κ3) is 8.65. The van der Waals surface area contributed by atoms with Crippen LogP contribution in [0.4, 0.5) is 28.4 Å². The van der Waals surface area contributed by atoms with Crippen LogP contribution < -0.4 is 23.8 Å². The Balaban J connectivity index is 0.000000171. The number of likely N-dealkylation sites (N-methyl/N-ethyl adjacent to an activating group) is 1. The summed E-state index contributed by atoms with van der Waals surface area (Å²) in [7, 11) is 2.16. The van der Waals surface area contributed by atoms with Gasteiger partial charge in [0.15, 0.2) is 0 Å². The molecule has 0 amide bonds. The summed E-state index contributed by atoms with van der Waals surface area (Å²) < 4.78 is 7.39. The lowest BCUT2D eigenvalue weighted by Gasteiger charge is -2.25. The van der Waals surface area contributed by atoms with Gasteiger partial charge in [-0.1, -0.05) is 164 Å². The lowest BCUT2D eigenvalue weighted by atomic mass is 9.84. The zero-order chi connectivity index (χ0) is 44.8. The Labute approximate surface area is 392 Å². The standard InChI is InChI=1S/C33H28N3S.C25H27N2S/c1-2-34-30-22-14-15-23-31(30)37-33(34)25-11-5-10-24-32-35(26-16-6-3-7-17-26)28-20-12-13-21-29(28)36(32)27-18-8-4-9-19-27;1-5-27-21-15-11-12-16-22(21)28-24(27)18-8-6-7-17-23-25(2,3)19-13-9-10-14-20(19)26(23)4/h3-25H,2H2,1H3;6-18H,5H2,1-4H3/q2*+1. The number of allylic oxidation sites excluding steroid dienone is 9. The molecule has 0 unspecified atom stereocenters. The molecule has 0 saturated heterocycles. The normalized spacial score (nSPS) is 15.1. The van der Waals surface area contributed by atoms with Crippen molar-refractivity contribution in [2.24, 2.45) is 0 Å². The first-order valence-corrected chi connectivity index (χ1v) is 24.1. The summed E-state index contributed by atoms with van der Waals surface area (Å²) in [5.41, 5.74) is 11.3. The molecule has 0 saturated carbocycles. The van der Waals surface area contributed by atoms with E-state index in [1.165, 1.54) is 58.8 Å². The predicted octanol–water partition coefficient (Wildman–Crippen LogP) is 14.7. The molecule has 322 valence electrons. The zero-order valence-corrected chi connectivity index (χ0v) is 39.4. The van der Waals surface area contributed by atoms with E-state index >= 15 is 0 Å². The van der Waals surface area contributed by atoms with E-state index in [0.29, 0.717) is 0 Å². The van der Waals surface area contributed by atoms with E-state index in [9.17, 15) is 0 Å². The van der Waals surface area contributed by atoms with Gasteiger partial charge in [0.2, 0.25) is 11.0 Å². The van der Waals surface area contributed by atoms with Crippen molar-refractivity contribution in [1.29, 1.82) is 0 Å². The Bertz CT molecular complexity index is 3060. The molecule has 4 heterocycles. The highest BCUT2D eigenvalue weighted by Gasteiger charge is 2.38. The molecule has 65 heavy (non-hydrogen) atoms. The monoisotopic (exact) mass is 885 g/mol. The Morgan fingerprint density at radius 3 is 1.40 bits per heavy atom. The fourth-order valence-electron chi connectivity index (χ4n) is 9.04. The minimum atomic E-state index is 0.0239. The highest BCUT2D eigenvalue weighted by molar-refractivity contribution is 7.19. The van der Waals surface area contributed by atoms with Crippen LogP contribution in [0.15, 0.2) is 218 Å². The van der Waals surface area contributed by atoms with Crippen LogP contribution in [0, 0.1) is 0 Å². The third-order valence-electron chi connectivity index (χ3n) is 12.1. The van der Waals surface area contributed by atoms with Crippen LogP contribution in [0.25, 0.3) is 32.6 Å². The zero-order valence-electron chi connectivity index (χ0n) is 37.8. The molecule has 5 nitrogen and oxygen atoms in total. The summed E-state index contributed by atoms with van der Waals surface area (Å²) >= 11 is 3.67. The topological polar surface area (TPSA) is 17.5 Å². The van der Waals surface area contributed by atoms with E-state index in [1.54, 1.807) is 0 Å². The van der Waals surface area contributed by atoms with Crippen molar-refractivity contribution < 1.29 is 9.13 Å². The van der Waals surface area contributed by atoms with E-state index in [1.807, 2.05) is 22.7 Å². The summed E-state index contributed by atoms with van der Waals surface area (Å²) in [6.07, 6.45) is 21.7. The minimum absolute atomic E-state index is 0.0239. The summed E-state index contributed by atoms with van der Waals surface area (Å²) in [5, 5.41) is 2.54. The van der Waals surface area contributed by atoms with Gasteiger partial charge in [-0.3, -0.25) is 9.80 Å². The quantitative estimate of drug-likeness (QED) is 0.101. The minimum Gasteiger partial charge on any atom is -0.347 e. The van der Waals surface area contributed by atoms with Crippen LogP contribution in [-0.2, 0) is 18.5 Å². The molecule has 0 bridgehead atoms. The fraction of sp³-hybridized carbons (Fsp3) is 0.138. The number of aromatic nitrogens is 2. The molecular formula is C58H55N5S2+2. The molecule has 7 heteroatoms. The van der Waals surface area contributed by atoms with Crippen LogP contribution in [0.2, 0.25) is 0 Å². The van der Waals surface area contributed by atoms with Crippen molar-refractivity contribution in [3.8, 4) is 0 Å². The molecule has 0 atom stereocenters. The second kappa shape index (κ2) is 19.4. The molecule has 0 spiro atoms. The molecular weight excluding hydrogens is 831 g/mol. The van der Waals surface area contributed by atoms with E-state index < -0.39 is 0 Å². The molecule has 8 aromatic rings. The van der Waals surface area contributed by atoms with Crippen molar-refractivity contribution in [3.05, 3.63) is 233 Å². The predicted molar refractivity (Wildman–Crippen MR) is 279 cm³/mol. The van der Waals surface area contributed by atoms with Crippen LogP contribution in [-0.4, -0.2) is 7.05 Å². The lowest BCUT2D eigenvalue weighted by Crippen LogP contribution is -2.33. The number of rotatable bonds is 10. The first-order valence-electron chi connectivity index (χ1n) is 22.4. The van der Waals surface area contributed by atoms with Gasteiger partial charge in [0.25, 0.3) is 10.0 Å². The van der Waals surface area contributed by atoms with Gasteiger partial charge in [0.05, 0.1) is 11.4 Å². The van der Waals surface area contributed by atoms with Gasteiger partial charge in [0, 0.05) is 59.5 Å². The third-order valence-corrected chi connectivity index (χ3v) is 14.4. The second-order valence-electron chi connectivity index (χ2n) is 16.4. The maximum Gasteiger partial charge on any atom is 0.262 e. The van der Waals surface area contributed by atoms with Gasteiger partial charge in [-0.15, -0.1) is 0 Å². The van der Waals surface area contributed by atoms with E-state index in [0.717, 1.165) is 30.3 Å². The van der Waals surface area contributed by atoms with E-state index in [2.05, 4.69) is 277 Å². The second-order valence-corrected chi connectivity index (χ2v) is 18.5. The first-order chi connectivity index (χ1) is 31.9. The van der Waals surface area contributed by atoms with E-state index in [4.69, 9.17) is 0 Å². The summed E-state index contributed by atoms with van der Waals surface area (Å²) in [6.45, 7) is 10.9. The summed E-state index contributed by atoms with van der Waals surface area (Å²) in [4.78, 5) is 6.96. The van der Waals surface area contributed by atoms with Gasteiger partial charge >= 0.3 is 0 Å². The number of nitrogens with zero attached hydrogens (tertiary/aromatic N) is 5. The molecule has 2 aliphatic heterocycles. The largest absolute Gasteiger partial charge is 0.347 e. The Morgan fingerprint density at radius 1 is 0.477 bits per heavy atom. The van der Waals surface area contributed by atoms with Crippen molar-refractivity contribution >= 4 is 83.7 Å². The molecule has 10 rings (SSSR count). The number of hydrogen-bond acceptors (Lipinski definition) is 5. The van der Waals surface area contributed by atoms with Crippen LogP contribution in [0.5, 0.6) is 0 Å². The highest BCUT2D eigenvalue weighted by atomic mass is 32.1. The molecule has 0 fully saturated rings. The molecule has 6 aromatic carbocycles. The number of para-hydroxylation sites is 7. The number of thiazole rings is 2. The molecule has 2 aromatic heterocycles. The van der Waals surface area contributed by atoms with Crippen LogP contribution in [0.3, 0.4) is 0 Å². The number of aryl methyl sites for hydroxylation is 2. The Hall–Kier alpha value is -7.06. The highest BCUT2D eigenvalue weighted by Crippen LogP contribution is 2.49. The smallest absolute Gasteiger partial charge is 0.262 e. The first kappa shape index (κ1) is 43.2. The molecule has 0 radical (unpaired) electrons. The summed E-state index contributed by atoms with van der Waals surface area (Å²) in [6, 6.07) is 55.6. The Morgan fingerprint density at radius 2 is 0.908 bits per heavy atom. The van der Waals surface area contributed by atoms with Crippen LogP contribution >= 0.6 is 22.7 Å². The van der Waals surface area contributed by atoms with Crippen LogP contribution in [0.1, 0.15) is 43.3 Å². The van der Waals surface area contributed by atoms with Crippen molar-refractivity contribution in [3.63, 3.8) is 0 Å². The van der Waals surface area contributed by atoms with Crippen molar-refractivity contribution in [2.45, 2.75) is 46.2 Å².